The largest absolute Gasteiger partial charge is 0.259 e. The summed E-state index contributed by atoms with van der Waals surface area (Å²) in [5, 5.41) is -0.426. The molecule has 0 spiro atoms. The normalized spacial score (nSPS) is 14.1. The van der Waals surface area contributed by atoms with Crippen molar-refractivity contribution in [2.24, 2.45) is 0 Å². The molecule has 2 aromatic carbocycles. The molecule has 0 aliphatic rings. The molecule has 2 aromatic rings. The van der Waals surface area contributed by atoms with Gasteiger partial charge in [-0.2, -0.15) is 0 Å². The van der Waals surface area contributed by atoms with Crippen LogP contribution in [0, 0.1) is 11.6 Å². The second kappa shape index (κ2) is 6.06. The van der Waals surface area contributed by atoms with Crippen LogP contribution in [0.3, 0.4) is 0 Å². The zero-order valence-corrected chi connectivity index (χ0v) is 11.3. The van der Waals surface area contributed by atoms with E-state index < -0.39 is 16.0 Å². The zero-order chi connectivity index (χ0) is 13.8. The van der Waals surface area contributed by atoms with Crippen LogP contribution in [0.2, 0.25) is 0 Å². The van der Waals surface area contributed by atoms with Gasteiger partial charge in [0.05, 0.1) is 5.25 Å². The minimum atomic E-state index is -1.29. The molecule has 4 heteroatoms. The maximum Gasteiger partial charge on any atom is 0.127 e. The molecule has 0 fully saturated rings. The summed E-state index contributed by atoms with van der Waals surface area (Å²) in [5.74, 6) is -0.497. The van der Waals surface area contributed by atoms with Crippen LogP contribution < -0.4 is 0 Å². The van der Waals surface area contributed by atoms with E-state index in [2.05, 4.69) is 0 Å². The molecule has 1 nitrogen and oxygen atoms in total. The zero-order valence-electron chi connectivity index (χ0n) is 10.5. The molecular formula is C15H14F2OS. The highest BCUT2D eigenvalue weighted by Crippen LogP contribution is 2.24. The van der Waals surface area contributed by atoms with Crippen molar-refractivity contribution in [3.8, 4) is 0 Å². The number of hydrogen-bond donors (Lipinski definition) is 0. The molecule has 19 heavy (non-hydrogen) atoms. The average molecular weight is 280 g/mol. The second-order valence-corrected chi connectivity index (χ2v) is 6.08. The summed E-state index contributed by atoms with van der Waals surface area (Å²) in [5.41, 5.74) is 1.08. The van der Waals surface area contributed by atoms with Crippen LogP contribution in [0.15, 0.2) is 48.5 Å². The van der Waals surface area contributed by atoms with Crippen molar-refractivity contribution in [1.82, 2.24) is 0 Å². The predicted octanol–water partition coefficient (Wildman–Crippen LogP) is 3.97. The van der Waals surface area contributed by atoms with Crippen molar-refractivity contribution in [3.05, 3.63) is 71.3 Å². The molecule has 100 valence electrons. The quantitative estimate of drug-likeness (QED) is 0.828. The van der Waals surface area contributed by atoms with Gasteiger partial charge in [-0.25, -0.2) is 8.78 Å². The van der Waals surface area contributed by atoms with Gasteiger partial charge in [-0.1, -0.05) is 30.3 Å². The van der Waals surface area contributed by atoms with Crippen LogP contribution in [0.25, 0.3) is 0 Å². The van der Waals surface area contributed by atoms with E-state index in [-0.39, 0.29) is 17.4 Å². The summed E-state index contributed by atoms with van der Waals surface area (Å²) in [6.45, 7) is 1.72. The van der Waals surface area contributed by atoms with Gasteiger partial charge in [-0.3, -0.25) is 4.21 Å². The van der Waals surface area contributed by atoms with Crippen LogP contribution in [-0.2, 0) is 16.6 Å². The fourth-order valence-electron chi connectivity index (χ4n) is 1.86. The first kappa shape index (κ1) is 13.9. The molecular weight excluding hydrogens is 266 g/mol. The molecule has 0 unspecified atom stereocenters. The van der Waals surface area contributed by atoms with Gasteiger partial charge in [-0.15, -0.1) is 0 Å². The van der Waals surface area contributed by atoms with Crippen LogP contribution in [0.4, 0.5) is 8.78 Å². The van der Waals surface area contributed by atoms with Gasteiger partial charge in [0, 0.05) is 22.1 Å². The molecule has 0 amide bonds. The highest BCUT2D eigenvalue weighted by atomic mass is 32.2. The van der Waals surface area contributed by atoms with Crippen LogP contribution >= 0.6 is 0 Å². The summed E-state index contributed by atoms with van der Waals surface area (Å²) < 4.78 is 38.9. The van der Waals surface area contributed by atoms with Crippen molar-refractivity contribution in [3.63, 3.8) is 0 Å². The maximum atomic E-state index is 13.6. The first-order valence-electron chi connectivity index (χ1n) is 5.94. The molecule has 0 saturated carbocycles. The fraction of sp³-hybridized carbons (Fsp3) is 0.200. The Bertz CT molecular complexity index is 598. The number of benzene rings is 2. The van der Waals surface area contributed by atoms with Gasteiger partial charge < -0.3 is 0 Å². The van der Waals surface area contributed by atoms with E-state index in [4.69, 9.17) is 0 Å². The monoisotopic (exact) mass is 280 g/mol. The Balaban J connectivity index is 2.14. The van der Waals surface area contributed by atoms with E-state index in [1.165, 1.54) is 18.2 Å². The standard InChI is InChI=1S/C15H14F2OS/c1-11(14-7-2-3-8-15(14)17)19(18)10-12-5-4-6-13(16)9-12/h2-9,11H,10H2,1H3/t11-,19-/m1/s1. The summed E-state index contributed by atoms with van der Waals surface area (Å²) >= 11 is 0. The second-order valence-electron chi connectivity index (χ2n) is 4.32. The van der Waals surface area contributed by atoms with Gasteiger partial charge in [0.25, 0.3) is 0 Å². The lowest BCUT2D eigenvalue weighted by atomic mass is 10.1. The third kappa shape index (κ3) is 3.47. The number of rotatable bonds is 4. The Morgan fingerprint density at radius 2 is 1.84 bits per heavy atom. The van der Waals surface area contributed by atoms with Gasteiger partial charge in [0.2, 0.25) is 0 Å². The van der Waals surface area contributed by atoms with Crippen LogP contribution in [-0.4, -0.2) is 4.21 Å². The fourth-order valence-corrected chi connectivity index (χ4v) is 3.09. The summed E-state index contributed by atoms with van der Waals surface area (Å²) in [6.07, 6.45) is 0. The molecule has 2 rings (SSSR count). The van der Waals surface area contributed by atoms with Crippen molar-refractivity contribution < 1.29 is 13.0 Å². The highest BCUT2D eigenvalue weighted by Gasteiger charge is 2.17. The van der Waals surface area contributed by atoms with E-state index in [1.54, 1.807) is 37.3 Å². The smallest absolute Gasteiger partial charge is 0.127 e. The Labute approximate surface area is 113 Å². The van der Waals surface area contributed by atoms with E-state index in [0.29, 0.717) is 11.1 Å². The van der Waals surface area contributed by atoms with Gasteiger partial charge >= 0.3 is 0 Å². The first-order chi connectivity index (χ1) is 9.08. The molecule has 0 bridgehead atoms. The maximum absolute atomic E-state index is 13.6. The Morgan fingerprint density at radius 3 is 2.53 bits per heavy atom. The van der Waals surface area contributed by atoms with E-state index in [1.807, 2.05) is 0 Å². The van der Waals surface area contributed by atoms with Gasteiger partial charge in [0.1, 0.15) is 11.6 Å². The molecule has 0 saturated heterocycles. The molecule has 0 aliphatic carbocycles. The van der Waals surface area contributed by atoms with Crippen LogP contribution in [0.5, 0.6) is 0 Å². The van der Waals surface area contributed by atoms with Crippen LogP contribution in [0.1, 0.15) is 23.3 Å². The third-order valence-corrected chi connectivity index (χ3v) is 4.60. The number of hydrogen-bond acceptors (Lipinski definition) is 1. The molecule has 0 aliphatic heterocycles. The van der Waals surface area contributed by atoms with Gasteiger partial charge in [0.15, 0.2) is 0 Å². The Hall–Kier alpha value is -1.55. The lowest BCUT2D eigenvalue weighted by Gasteiger charge is -2.12. The molecule has 0 heterocycles. The molecule has 0 radical (unpaired) electrons. The van der Waals surface area contributed by atoms with Crippen molar-refractivity contribution in [1.29, 1.82) is 0 Å². The minimum absolute atomic E-state index is 0.216. The molecule has 0 aromatic heterocycles. The lowest BCUT2D eigenvalue weighted by molar-refractivity contribution is 0.606. The molecule has 0 N–H and O–H groups in total. The van der Waals surface area contributed by atoms with E-state index >= 15 is 0 Å². The van der Waals surface area contributed by atoms with E-state index in [9.17, 15) is 13.0 Å². The summed E-state index contributed by atoms with van der Waals surface area (Å²) in [7, 11) is -1.29. The highest BCUT2D eigenvalue weighted by molar-refractivity contribution is 7.84. The topological polar surface area (TPSA) is 17.1 Å². The summed E-state index contributed by atoms with van der Waals surface area (Å²) in [4.78, 5) is 0. The SMILES string of the molecule is C[C@H](c1ccccc1F)[S@](=O)Cc1cccc(F)c1. The lowest BCUT2D eigenvalue weighted by Crippen LogP contribution is -2.07. The number of halogens is 2. The first-order valence-corrected chi connectivity index (χ1v) is 7.32. The predicted molar refractivity (Wildman–Crippen MR) is 73.1 cm³/mol. The van der Waals surface area contributed by atoms with E-state index in [0.717, 1.165) is 0 Å². The van der Waals surface area contributed by atoms with Crippen molar-refractivity contribution >= 4 is 10.8 Å². The Morgan fingerprint density at radius 1 is 1.11 bits per heavy atom. The Kier molecular flexibility index (Phi) is 4.43. The summed E-state index contributed by atoms with van der Waals surface area (Å²) in [6, 6.07) is 12.3. The average Bonchev–Trinajstić information content (AvgIpc) is 2.38. The van der Waals surface area contributed by atoms with Crippen molar-refractivity contribution in [2.75, 3.05) is 0 Å². The minimum Gasteiger partial charge on any atom is -0.259 e. The molecule has 2 atom stereocenters. The van der Waals surface area contributed by atoms with Crippen molar-refractivity contribution in [2.45, 2.75) is 17.9 Å². The van der Waals surface area contributed by atoms with Gasteiger partial charge in [-0.05, 0) is 30.7 Å². The third-order valence-electron chi connectivity index (χ3n) is 2.94.